The van der Waals surface area contributed by atoms with Gasteiger partial charge < -0.3 is 11.5 Å². The summed E-state index contributed by atoms with van der Waals surface area (Å²) in [4.78, 5) is 10.6. The van der Waals surface area contributed by atoms with Gasteiger partial charge >= 0.3 is 0 Å². The Hall–Kier alpha value is -0.830. The summed E-state index contributed by atoms with van der Waals surface area (Å²) in [6.07, 6.45) is 14.5. The SMILES string of the molecule is CCCCCCCCC/C=C/C(N)CC(N)=O. The first kappa shape index (κ1) is 16.2. The predicted octanol–water partition coefficient (Wildman–Crippen LogP) is 2.89. The first-order valence-electron chi connectivity index (χ1n) is 6.87. The molecule has 0 aromatic carbocycles. The van der Waals surface area contributed by atoms with Crippen molar-refractivity contribution in [3.63, 3.8) is 0 Å². The molecule has 0 aromatic rings. The molecule has 0 aliphatic heterocycles. The maximum atomic E-state index is 10.6. The van der Waals surface area contributed by atoms with Crippen LogP contribution in [0.3, 0.4) is 0 Å². The zero-order chi connectivity index (χ0) is 12.9. The highest BCUT2D eigenvalue weighted by Crippen LogP contribution is 2.08. The molecule has 0 heterocycles. The van der Waals surface area contributed by atoms with Crippen molar-refractivity contribution >= 4 is 5.91 Å². The molecule has 0 saturated heterocycles. The van der Waals surface area contributed by atoms with Gasteiger partial charge in [0, 0.05) is 12.5 Å². The monoisotopic (exact) mass is 240 g/mol. The van der Waals surface area contributed by atoms with Gasteiger partial charge in [0.1, 0.15) is 0 Å². The van der Waals surface area contributed by atoms with Gasteiger partial charge in [-0.3, -0.25) is 4.79 Å². The van der Waals surface area contributed by atoms with Gasteiger partial charge in [-0.15, -0.1) is 0 Å². The van der Waals surface area contributed by atoms with Crippen LogP contribution in [-0.2, 0) is 4.79 Å². The summed E-state index contributed by atoms with van der Waals surface area (Å²) in [7, 11) is 0. The zero-order valence-corrected chi connectivity index (χ0v) is 11.2. The number of hydrogen-bond donors (Lipinski definition) is 2. The number of nitrogens with two attached hydrogens (primary N) is 2. The van der Waals surface area contributed by atoms with Gasteiger partial charge in [-0.2, -0.15) is 0 Å². The second-order valence-electron chi connectivity index (χ2n) is 4.67. The average molecular weight is 240 g/mol. The van der Waals surface area contributed by atoms with E-state index < -0.39 is 0 Å². The fourth-order valence-corrected chi connectivity index (χ4v) is 1.79. The quantitative estimate of drug-likeness (QED) is 0.430. The summed E-state index contributed by atoms with van der Waals surface area (Å²) in [6.45, 7) is 2.24. The van der Waals surface area contributed by atoms with Crippen LogP contribution in [-0.4, -0.2) is 11.9 Å². The summed E-state index contributed by atoms with van der Waals surface area (Å²) in [5, 5.41) is 0. The van der Waals surface area contributed by atoms with Crippen molar-refractivity contribution in [3.05, 3.63) is 12.2 Å². The molecule has 0 aliphatic carbocycles. The number of allylic oxidation sites excluding steroid dienone is 1. The van der Waals surface area contributed by atoms with Crippen LogP contribution in [0.5, 0.6) is 0 Å². The van der Waals surface area contributed by atoms with Crippen LogP contribution in [0.2, 0.25) is 0 Å². The summed E-state index contributed by atoms with van der Waals surface area (Å²) in [5.74, 6) is -0.335. The van der Waals surface area contributed by atoms with Crippen molar-refractivity contribution in [1.29, 1.82) is 0 Å². The van der Waals surface area contributed by atoms with E-state index in [1.807, 2.05) is 6.08 Å². The van der Waals surface area contributed by atoms with Crippen LogP contribution in [0.15, 0.2) is 12.2 Å². The van der Waals surface area contributed by atoms with Crippen LogP contribution in [0, 0.1) is 0 Å². The molecule has 0 aromatic heterocycles. The van der Waals surface area contributed by atoms with E-state index in [1.165, 1.54) is 44.9 Å². The topological polar surface area (TPSA) is 69.1 Å². The fraction of sp³-hybridized carbons (Fsp3) is 0.786. The van der Waals surface area contributed by atoms with Gasteiger partial charge in [-0.25, -0.2) is 0 Å². The molecule has 0 bridgehead atoms. The first-order valence-corrected chi connectivity index (χ1v) is 6.87. The largest absolute Gasteiger partial charge is 0.370 e. The Morgan fingerprint density at radius 1 is 1.12 bits per heavy atom. The molecule has 3 heteroatoms. The normalized spacial score (nSPS) is 13.1. The molecular formula is C14H28N2O. The van der Waals surface area contributed by atoms with Crippen molar-refractivity contribution in [2.24, 2.45) is 11.5 Å². The molecule has 17 heavy (non-hydrogen) atoms. The van der Waals surface area contributed by atoms with E-state index in [9.17, 15) is 4.79 Å². The third-order valence-electron chi connectivity index (χ3n) is 2.79. The third kappa shape index (κ3) is 13.1. The highest BCUT2D eigenvalue weighted by molar-refractivity contribution is 5.74. The highest BCUT2D eigenvalue weighted by atomic mass is 16.1. The minimum atomic E-state index is -0.335. The van der Waals surface area contributed by atoms with Gasteiger partial charge in [0.05, 0.1) is 0 Å². The number of primary amides is 1. The maximum Gasteiger partial charge on any atom is 0.219 e. The number of amides is 1. The predicted molar refractivity (Wildman–Crippen MR) is 73.5 cm³/mol. The number of unbranched alkanes of at least 4 members (excludes halogenated alkanes) is 7. The van der Waals surface area contributed by atoms with E-state index in [0.29, 0.717) is 0 Å². The van der Waals surface area contributed by atoms with E-state index in [0.717, 1.165) is 6.42 Å². The Balaban J connectivity index is 3.26. The Morgan fingerprint density at radius 3 is 2.29 bits per heavy atom. The lowest BCUT2D eigenvalue weighted by Gasteiger charge is -2.02. The molecule has 1 atom stereocenters. The number of rotatable bonds is 11. The second kappa shape index (κ2) is 11.6. The molecule has 0 radical (unpaired) electrons. The van der Waals surface area contributed by atoms with Crippen molar-refractivity contribution in [1.82, 2.24) is 0 Å². The molecule has 0 aliphatic rings. The van der Waals surface area contributed by atoms with E-state index >= 15 is 0 Å². The average Bonchev–Trinajstić information content (AvgIpc) is 2.26. The van der Waals surface area contributed by atoms with Gasteiger partial charge in [0.25, 0.3) is 0 Å². The van der Waals surface area contributed by atoms with Crippen LogP contribution < -0.4 is 11.5 Å². The summed E-state index contributed by atoms with van der Waals surface area (Å²) in [5.41, 5.74) is 10.7. The Bertz CT molecular complexity index is 214. The van der Waals surface area contributed by atoms with Gasteiger partial charge in [-0.1, -0.05) is 57.6 Å². The van der Waals surface area contributed by atoms with Crippen molar-refractivity contribution in [2.45, 2.75) is 70.8 Å². The van der Waals surface area contributed by atoms with Gasteiger partial charge in [-0.05, 0) is 12.8 Å². The maximum absolute atomic E-state index is 10.6. The molecular weight excluding hydrogens is 212 g/mol. The molecule has 0 saturated carbocycles. The van der Waals surface area contributed by atoms with E-state index in [-0.39, 0.29) is 18.4 Å². The third-order valence-corrected chi connectivity index (χ3v) is 2.79. The summed E-state index contributed by atoms with van der Waals surface area (Å²) >= 11 is 0. The molecule has 1 amide bonds. The van der Waals surface area contributed by atoms with Crippen LogP contribution >= 0.6 is 0 Å². The van der Waals surface area contributed by atoms with Gasteiger partial charge in [0.2, 0.25) is 5.91 Å². The van der Waals surface area contributed by atoms with Gasteiger partial charge in [0.15, 0.2) is 0 Å². The lowest BCUT2D eigenvalue weighted by atomic mass is 10.1. The number of carbonyl (C=O) groups is 1. The molecule has 0 spiro atoms. The molecule has 0 rings (SSSR count). The van der Waals surface area contributed by atoms with E-state index in [4.69, 9.17) is 11.5 Å². The first-order chi connectivity index (χ1) is 8.16. The smallest absolute Gasteiger partial charge is 0.219 e. The Kier molecular flexibility index (Phi) is 11.1. The summed E-state index contributed by atoms with van der Waals surface area (Å²) < 4.78 is 0. The molecule has 3 nitrogen and oxygen atoms in total. The number of hydrogen-bond acceptors (Lipinski definition) is 2. The molecule has 1 unspecified atom stereocenters. The number of carbonyl (C=O) groups excluding carboxylic acids is 1. The van der Waals surface area contributed by atoms with Crippen LogP contribution in [0.4, 0.5) is 0 Å². The second-order valence-corrected chi connectivity index (χ2v) is 4.67. The van der Waals surface area contributed by atoms with Crippen LogP contribution in [0.1, 0.15) is 64.7 Å². The Morgan fingerprint density at radius 2 is 1.71 bits per heavy atom. The minimum absolute atomic E-state index is 0.211. The lowest BCUT2D eigenvalue weighted by Crippen LogP contribution is -2.25. The summed E-state index contributed by atoms with van der Waals surface area (Å²) in [6, 6.07) is -0.211. The standard InChI is InChI=1S/C14H28N2O/c1-2-3-4-5-6-7-8-9-10-11-13(15)12-14(16)17/h10-11,13H,2-9,12,15H2,1H3,(H2,16,17)/b11-10+. The minimum Gasteiger partial charge on any atom is -0.370 e. The van der Waals surface area contributed by atoms with E-state index in [2.05, 4.69) is 13.0 Å². The van der Waals surface area contributed by atoms with Crippen molar-refractivity contribution in [3.8, 4) is 0 Å². The molecule has 100 valence electrons. The van der Waals surface area contributed by atoms with Crippen LogP contribution in [0.25, 0.3) is 0 Å². The zero-order valence-electron chi connectivity index (χ0n) is 11.2. The molecule has 0 fully saturated rings. The highest BCUT2D eigenvalue weighted by Gasteiger charge is 2.00. The van der Waals surface area contributed by atoms with Crippen molar-refractivity contribution < 1.29 is 4.79 Å². The van der Waals surface area contributed by atoms with E-state index in [1.54, 1.807) is 0 Å². The molecule has 4 N–H and O–H groups in total. The van der Waals surface area contributed by atoms with Crippen molar-refractivity contribution in [2.75, 3.05) is 0 Å². The lowest BCUT2D eigenvalue weighted by molar-refractivity contribution is -0.118. The fourth-order valence-electron chi connectivity index (χ4n) is 1.79. The Labute approximate surface area is 106 Å².